The van der Waals surface area contributed by atoms with E-state index in [4.69, 9.17) is 12.2 Å². The predicted octanol–water partition coefficient (Wildman–Crippen LogP) is 4.49. The topological polar surface area (TPSA) is 61.4 Å². The molecular weight excluding hydrogens is 358 g/mol. The minimum Gasteiger partial charge on any atom is -0.339 e. The number of thiocarbonyl (C=S) groups is 1. The Morgan fingerprint density at radius 2 is 1.81 bits per heavy atom. The summed E-state index contributed by atoms with van der Waals surface area (Å²) in [6.07, 6.45) is 9.23. The fraction of sp³-hybridized carbons (Fsp3) is 0.571. The molecule has 0 aliphatic carbocycles. The summed E-state index contributed by atoms with van der Waals surface area (Å²) in [7, 11) is 0. The van der Waals surface area contributed by atoms with Gasteiger partial charge in [-0.05, 0) is 49.7 Å². The molecule has 148 valence electrons. The van der Waals surface area contributed by atoms with Crippen molar-refractivity contribution in [2.24, 2.45) is 0 Å². The molecule has 2 amide bonds. The molecule has 2 N–H and O–H groups in total. The molecule has 1 aliphatic heterocycles. The molecule has 0 radical (unpaired) electrons. The number of rotatable bonds is 7. The molecule has 5 nitrogen and oxygen atoms in total. The minimum atomic E-state index is -0.0691. The van der Waals surface area contributed by atoms with Gasteiger partial charge in [0.2, 0.25) is 5.91 Å². The zero-order valence-electron chi connectivity index (χ0n) is 16.3. The maximum Gasteiger partial charge on any atom is 0.253 e. The highest BCUT2D eigenvalue weighted by molar-refractivity contribution is 7.80. The number of unbranched alkanes of at least 4 members (excludes halogenated alkanes) is 3. The summed E-state index contributed by atoms with van der Waals surface area (Å²) >= 11 is 5.23. The van der Waals surface area contributed by atoms with E-state index in [0.717, 1.165) is 51.6 Å². The highest BCUT2D eigenvalue weighted by Crippen LogP contribution is 2.16. The van der Waals surface area contributed by atoms with E-state index in [9.17, 15) is 9.59 Å². The van der Waals surface area contributed by atoms with Crippen LogP contribution < -0.4 is 10.6 Å². The van der Waals surface area contributed by atoms with E-state index in [0.29, 0.717) is 17.7 Å². The quantitative estimate of drug-likeness (QED) is 0.533. The molecule has 2 rings (SSSR count). The van der Waals surface area contributed by atoms with Gasteiger partial charge in [-0.2, -0.15) is 0 Å². The van der Waals surface area contributed by atoms with Crippen molar-refractivity contribution in [1.29, 1.82) is 0 Å². The molecule has 0 aromatic heterocycles. The molecule has 1 saturated heterocycles. The van der Waals surface area contributed by atoms with E-state index in [-0.39, 0.29) is 16.9 Å². The van der Waals surface area contributed by atoms with E-state index in [1.807, 2.05) is 23.1 Å². The largest absolute Gasteiger partial charge is 0.339 e. The Balaban J connectivity index is 1.86. The summed E-state index contributed by atoms with van der Waals surface area (Å²) in [6.45, 7) is 3.79. The lowest BCUT2D eigenvalue weighted by Gasteiger charge is -2.20. The van der Waals surface area contributed by atoms with Crippen molar-refractivity contribution < 1.29 is 9.59 Å². The van der Waals surface area contributed by atoms with Crippen molar-refractivity contribution in [3.63, 3.8) is 0 Å². The first kappa shape index (κ1) is 21.4. The number of hydrogen-bond acceptors (Lipinski definition) is 3. The lowest BCUT2D eigenvalue weighted by atomic mass is 10.1. The van der Waals surface area contributed by atoms with Gasteiger partial charge in [-0.1, -0.05) is 45.1 Å². The molecule has 0 atom stereocenters. The van der Waals surface area contributed by atoms with Crippen LogP contribution in [0.3, 0.4) is 0 Å². The van der Waals surface area contributed by atoms with Gasteiger partial charge in [0.1, 0.15) is 0 Å². The molecule has 0 spiro atoms. The fourth-order valence-corrected chi connectivity index (χ4v) is 3.48. The summed E-state index contributed by atoms with van der Waals surface area (Å²) in [6, 6.07) is 7.31. The molecule has 0 saturated carbocycles. The Hall–Kier alpha value is -1.95. The number of carbonyl (C=O) groups excluding carboxylic acids is 2. The monoisotopic (exact) mass is 389 g/mol. The first-order chi connectivity index (χ1) is 13.1. The molecule has 1 aliphatic rings. The fourth-order valence-electron chi connectivity index (χ4n) is 3.25. The average Bonchev–Trinajstić information content (AvgIpc) is 2.94. The zero-order chi connectivity index (χ0) is 19.5. The van der Waals surface area contributed by atoms with Crippen LogP contribution >= 0.6 is 12.2 Å². The second-order valence-electron chi connectivity index (χ2n) is 7.10. The van der Waals surface area contributed by atoms with Crippen LogP contribution in [0.25, 0.3) is 0 Å². The number of nitrogens with one attached hydrogen (secondary N) is 2. The van der Waals surface area contributed by atoms with Crippen molar-refractivity contribution in [2.45, 2.75) is 64.7 Å². The average molecular weight is 390 g/mol. The van der Waals surface area contributed by atoms with Crippen LogP contribution in [-0.4, -0.2) is 34.9 Å². The van der Waals surface area contributed by atoms with Gasteiger partial charge in [0.05, 0.1) is 0 Å². The molecule has 0 unspecified atom stereocenters. The predicted molar refractivity (Wildman–Crippen MR) is 114 cm³/mol. The van der Waals surface area contributed by atoms with Crippen molar-refractivity contribution in [3.8, 4) is 0 Å². The summed E-state index contributed by atoms with van der Waals surface area (Å²) in [5.41, 5.74) is 1.36. The lowest BCUT2D eigenvalue weighted by Crippen LogP contribution is -2.34. The van der Waals surface area contributed by atoms with Gasteiger partial charge in [-0.15, -0.1) is 0 Å². The first-order valence-electron chi connectivity index (χ1n) is 10.1. The number of amides is 2. The molecular formula is C21H31N3O2S. The van der Waals surface area contributed by atoms with E-state index >= 15 is 0 Å². The Bertz CT molecular complexity index is 640. The third kappa shape index (κ3) is 7.67. The Morgan fingerprint density at radius 3 is 2.52 bits per heavy atom. The summed E-state index contributed by atoms with van der Waals surface area (Å²) in [4.78, 5) is 26.6. The third-order valence-electron chi connectivity index (χ3n) is 4.77. The van der Waals surface area contributed by atoms with Gasteiger partial charge >= 0.3 is 0 Å². The van der Waals surface area contributed by atoms with E-state index in [2.05, 4.69) is 17.6 Å². The van der Waals surface area contributed by atoms with Crippen molar-refractivity contribution >= 4 is 34.8 Å². The van der Waals surface area contributed by atoms with Crippen LogP contribution in [0.2, 0.25) is 0 Å². The smallest absolute Gasteiger partial charge is 0.253 e. The molecule has 6 heteroatoms. The Kier molecular flexibility index (Phi) is 9.25. The van der Waals surface area contributed by atoms with Gasteiger partial charge in [0, 0.05) is 30.8 Å². The molecule has 1 aromatic rings. The van der Waals surface area contributed by atoms with Crippen LogP contribution in [0.4, 0.5) is 5.69 Å². The van der Waals surface area contributed by atoms with Gasteiger partial charge in [0.15, 0.2) is 5.11 Å². The van der Waals surface area contributed by atoms with Crippen molar-refractivity contribution in [3.05, 3.63) is 29.8 Å². The lowest BCUT2D eigenvalue weighted by molar-refractivity contribution is -0.119. The van der Waals surface area contributed by atoms with Crippen LogP contribution in [-0.2, 0) is 4.79 Å². The molecule has 1 heterocycles. The SMILES string of the molecule is CCCCCCC(=O)NC(=S)Nc1cccc(C(=O)N2CCCCCC2)c1. The van der Waals surface area contributed by atoms with Crippen molar-refractivity contribution in [1.82, 2.24) is 10.2 Å². The number of anilines is 1. The first-order valence-corrected chi connectivity index (χ1v) is 10.5. The third-order valence-corrected chi connectivity index (χ3v) is 4.98. The highest BCUT2D eigenvalue weighted by atomic mass is 32.1. The maximum absolute atomic E-state index is 12.7. The van der Waals surface area contributed by atoms with Crippen LogP contribution in [0.15, 0.2) is 24.3 Å². The van der Waals surface area contributed by atoms with Crippen LogP contribution in [0.5, 0.6) is 0 Å². The highest BCUT2D eigenvalue weighted by Gasteiger charge is 2.17. The van der Waals surface area contributed by atoms with Crippen molar-refractivity contribution in [2.75, 3.05) is 18.4 Å². The summed E-state index contributed by atoms with van der Waals surface area (Å²) in [5.74, 6) is -0.00757. The van der Waals surface area contributed by atoms with E-state index in [1.54, 1.807) is 6.07 Å². The summed E-state index contributed by atoms with van der Waals surface area (Å²) < 4.78 is 0. The van der Waals surface area contributed by atoms with Crippen LogP contribution in [0.1, 0.15) is 75.1 Å². The van der Waals surface area contributed by atoms with Gasteiger partial charge in [-0.3, -0.25) is 9.59 Å². The van der Waals surface area contributed by atoms with Gasteiger partial charge in [0.25, 0.3) is 5.91 Å². The molecule has 0 bridgehead atoms. The summed E-state index contributed by atoms with van der Waals surface area (Å²) in [5, 5.41) is 6.00. The maximum atomic E-state index is 12.7. The van der Waals surface area contributed by atoms with Crippen LogP contribution in [0, 0.1) is 0 Å². The number of benzene rings is 1. The minimum absolute atomic E-state index is 0.0615. The Labute approximate surface area is 167 Å². The standard InChI is InChI=1S/C21H31N3O2S/c1-2-3-4-7-13-19(25)23-21(27)22-18-12-10-11-17(16-18)20(26)24-14-8-5-6-9-15-24/h10-12,16H,2-9,13-15H2,1H3,(H2,22,23,25,27). The normalized spacial score (nSPS) is 14.3. The van der Waals surface area contributed by atoms with Gasteiger partial charge < -0.3 is 15.5 Å². The number of hydrogen-bond donors (Lipinski definition) is 2. The number of nitrogens with zero attached hydrogens (tertiary/aromatic N) is 1. The Morgan fingerprint density at radius 1 is 1.07 bits per heavy atom. The molecule has 1 aromatic carbocycles. The second-order valence-corrected chi connectivity index (χ2v) is 7.51. The second kappa shape index (κ2) is 11.7. The molecule has 1 fully saturated rings. The van der Waals surface area contributed by atoms with E-state index in [1.165, 1.54) is 12.8 Å². The molecule has 27 heavy (non-hydrogen) atoms. The number of carbonyl (C=O) groups is 2. The number of likely N-dealkylation sites (tertiary alicyclic amines) is 1. The van der Waals surface area contributed by atoms with Gasteiger partial charge in [-0.25, -0.2) is 0 Å². The zero-order valence-corrected chi connectivity index (χ0v) is 17.1. The van der Waals surface area contributed by atoms with E-state index < -0.39 is 0 Å².